The number of rotatable bonds is 5. The molecule has 1 aromatic carbocycles. The van der Waals surface area contributed by atoms with E-state index in [4.69, 9.17) is 9.47 Å². The average Bonchev–Trinajstić information content (AvgIpc) is 3.06. The minimum absolute atomic E-state index is 0.0201. The van der Waals surface area contributed by atoms with Gasteiger partial charge in [-0.05, 0) is 30.9 Å². The largest absolute Gasteiger partial charge is 0.486 e. The highest BCUT2D eigenvalue weighted by atomic mass is 32.2. The Morgan fingerprint density at radius 3 is 2.76 bits per heavy atom. The van der Waals surface area contributed by atoms with Crippen LogP contribution in [-0.4, -0.2) is 40.1 Å². The van der Waals surface area contributed by atoms with Crippen LogP contribution in [0.4, 0.5) is 0 Å². The summed E-state index contributed by atoms with van der Waals surface area (Å²) in [5, 5.41) is 17.4. The zero-order chi connectivity index (χ0) is 14.7. The summed E-state index contributed by atoms with van der Waals surface area (Å²) in [5.74, 6) is 2.28. The lowest BCUT2D eigenvalue weighted by atomic mass is 10.1. The van der Waals surface area contributed by atoms with Crippen LogP contribution in [-0.2, 0) is 6.54 Å². The Hall–Kier alpha value is -1.80. The van der Waals surface area contributed by atoms with E-state index >= 15 is 0 Å². The number of hydrogen-bond acceptors (Lipinski definition) is 7. The molecular formula is C13H17N5O2S. The van der Waals surface area contributed by atoms with Gasteiger partial charge in [0.2, 0.25) is 0 Å². The molecule has 1 atom stereocenters. The third kappa shape index (κ3) is 3.11. The zero-order valence-corrected chi connectivity index (χ0v) is 12.7. The van der Waals surface area contributed by atoms with Gasteiger partial charge in [-0.25, -0.2) is 0 Å². The van der Waals surface area contributed by atoms with Crippen LogP contribution in [0.15, 0.2) is 17.0 Å². The van der Waals surface area contributed by atoms with Gasteiger partial charge in [-0.2, -0.15) is 5.21 Å². The van der Waals surface area contributed by atoms with E-state index in [9.17, 15) is 0 Å². The molecule has 3 rings (SSSR count). The van der Waals surface area contributed by atoms with Gasteiger partial charge in [0.15, 0.2) is 17.3 Å². The third-order valence-electron chi connectivity index (χ3n) is 3.29. The summed E-state index contributed by atoms with van der Waals surface area (Å²) < 4.78 is 11.3. The number of ether oxygens (including phenoxy) is 2. The Kier molecular flexibility index (Phi) is 4.26. The van der Waals surface area contributed by atoms with E-state index in [1.807, 2.05) is 19.1 Å². The van der Waals surface area contributed by atoms with E-state index in [0.29, 0.717) is 25.6 Å². The summed E-state index contributed by atoms with van der Waals surface area (Å²) in [6, 6.07) is 4.09. The molecule has 0 radical (unpaired) electrons. The Labute approximate surface area is 126 Å². The molecule has 1 aliphatic rings. The van der Waals surface area contributed by atoms with Crippen LogP contribution in [0.3, 0.4) is 0 Å². The Morgan fingerprint density at radius 2 is 2.10 bits per heavy atom. The van der Waals surface area contributed by atoms with E-state index in [-0.39, 0.29) is 6.04 Å². The molecule has 0 amide bonds. The Morgan fingerprint density at radius 1 is 1.33 bits per heavy atom. The highest BCUT2D eigenvalue weighted by molar-refractivity contribution is 7.98. The number of thioether (sulfide) groups is 1. The van der Waals surface area contributed by atoms with Gasteiger partial charge in [-0.15, -0.1) is 22.0 Å². The number of fused-ring (bicyclic) bond motifs is 1. The first-order chi connectivity index (χ1) is 10.3. The maximum atomic E-state index is 5.64. The fraction of sp³-hybridized carbons (Fsp3) is 0.462. The predicted octanol–water partition coefficient (Wildman–Crippen LogP) is 1.54. The number of tetrazole rings is 1. The van der Waals surface area contributed by atoms with E-state index < -0.39 is 0 Å². The number of nitrogens with zero attached hydrogens (tertiary/aromatic N) is 3. The number of nitrogens with one attached hydrogen (secondary N) is 2. The lowest BCUT2D eigenvalue weighted by Gasteiger charge is -2.21. The van der Waals surface area contributed by atoms with Gasteiger partial charge >= 0.3 is 0 Å². The molecule has 0 bridgehead atoms. The second-order valence-corrected chi connectivity index (χ2v) is 5.53. The van der Waals surface area contributed by atoms with Gasteiger partial charge in [0.1, 0.15) is 13.2 Å². The first kappa shape index (κ1) is 14.2. The van der Waals surface area contributed by atoms with Crippen LogP contribution in [0.2, 0.25) is 0 Å². The van der Waals surface area contributed by atoms with Crippen LogP contribution in [0.1, 0.15) is 24.4 Å². The first-order valence-electron chi connectivity index (χ1n) is 6.71. The lowest BCUT2D eigenvalue weighted by Crippen LogP contribution is -2.20. The standard InChI is InChI=1S/C13H17N5O2S/c1-8(13-15-17-18-16-13)14-7-9-5-10-11(6-12(9)21-2)20-4-3-19-10/h5-6,8,14H,3-4,7H2,1-2H3,(H,15,16,17,18). The van der Waals surface area contributed by atoms with Crippen molar-refractivity contribution in [2.75, 3.05) is 19.5 Å². The topological polar surface area (TPSA) is 85.0 Å². The molecule has 0 saturated carbocycles. The van der Waals surface area contributed by atoms with Crippen molar-refractivity contribution in [3.63, 3.8) is 0 Å². The smallest absolute Gasteiger partial charge is 0.191 e. The maximum absolute atomic E-state index is 5.64. The minimum Gasteiger partial charge on any atom is -0.486 e. The molecule has 0 saturated heterocycles. The van der Waals surface area contributed by atoms with Crippen molar-refractivity contribution in [1.82, 2.24) is 25.9 Å². The molecule has 1 aliphatic heterocycles. The zero-order valence-electron chi connectivity index (χ0n) is 11.9. The van der Waals surface area contributed by atoms with Gasteiger partial charge in [-0.3, -0.25) is 0 Å². The molecule has 2 heterocycles. The highest BCUT2D eigenvalue weighted by Crippen LogP contribution is 2.36. The normalized spacial score (nSPS) is 15.0. The van der Waals surface area contributed by atoms with E-state index in [2.05, 4.69) is 32.2 Å². The molecule has 1 aromatic heterocycles. The van der Waals surface area contributed by atoms with Crippen LogP contribution in [0.5, 0.6) is 11.5 Å². The maximum Gasteiger partial charge on any atom is 0.191 e. The number of aromatic amines is 1. The van der Waals surface area contributed by atoms with Crippen molar-refractivity contribution in [1.29, 1.82) is 0 Å². The monoisotopic (exact) mass is 307 g/mol. The Balaban J connectivity index is 1.75. The second kappa shape index (κ2) is 6.31. The highest BCUT2D eigenvalue weighted by Gasteiger charge is 2.16. The molecule has 1 unspecified atom stereocenters. The fourth-order valence-corrected chi connectivity index (χ4v) is 2.77. The first-order valence-corrected chi connectivity index (χ1v) is 7.93. The van der Waals surface area contributed by atoms with Gasteiger partial charge < -0.3 is 14.8 Å². The van der Waals surface area contributed by atoms with Crippen molar-refractivity contribution in [3.05, 3.63) is 23.5 Å². The molecule has 112 valence electrons. The van der Waals surface area contributed by atoms with Crippen LogP contribution in [0.25, 0.3) is 0 Å². The molecule has 0 aliphatic carbocycles. The minimum atomic E-state index is 0.0201. The predicted molar refractivity (Wildman–Crippen MR) is 78.6 cm³/mol. The molecule has 2 aromatic rings. The SMILES string of the molecule is CSc1cc2c(cc1CNC(C)c1nn[nH]n1)OCCO2. The van der Waals surface area contributed by atoms with Gasteiger partial charge in [-0.1, -0.05) is 5.21 Å². The molecule has 2 N–H and O–H groups in total. The van der Waals surface area contributed by atoms with Crippen molar-refractivity contribution in [2.45, 2.75) is 24.4 Å². The number of benzene rings is 1. The average molecular weight is 307 g/mol. The van der Waals surface area contributed by atoms with Gasteiger partial charge in [0.05, 0.1) is 6.04 Å². The van der Waals surface area contributed by atoms with Crippen LogP contribution in [0, 0.1) is 0 Å². The number of hydrogen-bond donors (Lipinski definition) is 2. The van der Waals surface area contributed by atoms with Crippen LogP contribution < -0.4 is 14.8 Å². The number of aromatic nitrogens is 4. The third-order valence-corrected chi connectivity index (χ3v) is 4.11. The van der Waals surface area contributed by atoms with Crippen molar-refractivity contribution < 1.29 is 9.47 Å². The summed E-state index contributed by atoms with van der Waals surface area (Å²) in [6.07, 6.45) is 2.05. The number of H-pyrrole nitrogens is 1. The summed E-state index contributed by atoms with van der Waals surface area (Å²) in [5.41, 5.74) is 1.17. The van der Waals surface area contributed by atoms with E-state index in [0.717, 1.165) is 11.5 Å². The summed E-state index contributed by atoms with van der Waals surface area (Å²) in [4.78, 5) is 1.17. The van der Waals surface area contributed by atoms with Gasteiger partial charge in [0.25, 0.3) is 0 Å². The molecule has 8 heteroatoms. The summed E-state index contributed by atoms with van der Waals surface area (Å²) in [7, 11) is 0. The molecule has 7 nitrogen and oxygen atoms in total. The summed E-state index contributed by atoms with van der Waals surface area (Å²) >= 11 is 1.69. The Bertz CT molecular complexity index is 605. The summed E-state index contributed by atoms with van der Waals surface area (Å²) in [6.45, 7) is 3.90. The van der Waals surface area contributed by atoms with Crippen molar-refractivity contribution in [2.24, 2.45) is 0 Å². The lowest BCUT2D eigenvalue weighted by molar-refractivity contribution is 0.171. The van der Waals surface area contributed by atoms with E-state index in [1.54, 1.807) is 11.8 Å². The van der Waals surface area contributed by atoms with Crippen LogP contribution >= 0.6 is 11.8 Å². The fourth-order valence-electron chi connectivity index (χ4n) is 2.15. The van der Waals surface area contributed by atoms with Crippen molar-refractivity contribution in [3.8, 4) is 11.5 Å². The quantitative estimate of drug-likeness (QED) is 0.810. The molecule has 21 heavy (non-hydrogen) atoms. The van der Waals surface area contributed by atoms with E-state index in [1.165, 1.54) is 10.5 Å². The second-order valence-electron chi connectivity index (χ2n) is 4.68. The van der Waals surface area contributed by atoms with Crippen molar-refractivity contribution >= 4 is 11.8 Å². The van der Waals surface area contributed by atoms with Gasteiger partial charge in [0, 0.05) is 11.4 Å². The molecule has 0 spiro atoms. The molecule has 0 fully saturated rings. The molecular weight excluding hydrogens is 290 g/mol.